The topological polar surface area (TPSA) is 69.1 Å². The Labute approximate surface area is 213 Å². The molecule has 2 aliphatic heterocycles. The molecule has 1 aliphatic carbocycles. The molecule has 3 aliphatic rings. The maximum Gasteiger partial charge on any atom is 0.459 e. The van der Waals surface area contributed by atoms with Crippen LogP contribution >= 0.6 is 0 Å². The number of anilines is 2. The second-order valence-corrected chi connectivity index (χ2v) is 11.6. The lowest BCUT2D eigenvalue weighted by Gasteiger charge is -2.35. The van der Waals surface area contributed by atoms with E-state index in [1.165, 1.54) is 22.8 Å². The van der Waals surface area contributed by atoms with Gasteiger partial charge in [0.1, 0.15) is 11.5 Å². The number of alkyl halides is 5. The fraction of sp³-hybridized carbons (Fsp3) is 0.478. The number of sulfonamides is 1. The van der Waals surface area contributed by atoms with Crippen LogP contribution in [0.2, 0.25) is 0 Å². The highest BCUT2D eigenvalue weighted by Gasteiger charge is 2.63. The molecule has 1 unspecified atom stereocenters. The van der Waals surface area contributed by atoms with Gasteiger partial charge < -0.3 is 4.90 Å². The Balaban J connectivity index is 1.43. The third-order valence-electron chi connectivity index (χ3n) is 6.82. The van der Waals surface area contributed by atoms with Gasteiger partial charge in [-0.2, -0.15) is 31.4 Å². The van der Waals surface area contributed by atoms with Crippen LogP contribution in [0.1, 0.15) is 30.9 Å². The highest BCUT2D eigenvalue weighted by Crippen LogP contribution is 2.45. The van der Waals surface area contributed by atoms with Crippen LogP contribution in [0.5, 0.6) is 0 Å². The molecule has 2 aromatic rings. The average molecular weight is 566 g/mol. The first kappa shape index (κ1) is 26.7. The van der Waals surface area contributed by atoms with Crippen LogP contribution in [0.4, 0.5) is 42.1 Å². The quantitative estimate of drug-likeness (QED) is 0.484. The van der Waals surface area contributed by atoms with E-state index in [4.69, 9.17) is 0 Å². The molecule has 0 bridgehead atoms. The van der Waals surface area contributed by atoms with E-state index in [9.17, 15) is 39.2 Å². The number of benzene rings is 1. The van der Waals surface area contributed by atoms with E-state index in [1.54, 1.807) is 0 Å². The predicted molar refractivity (Wildman–Crippen MR) is 125 cm³/mol. The molecule has 0 N–H and O–H groups in total. The fourth-order valence-corrected chi connectivity index (χ4v) is 6.42. The van der Waals surface area contributed by atoms with Gasteiger partial charge in [-0.15, -0.1) is 0 Å². The number of nitrogens with zero attached hydrogens (tertiary/aromatic N) is 5. The summed E-state index contributed by atoms with van der Waals surface area (Å²) in [5, 5.41) is 3.79. The van der Waals surface area contributed by atoms with Gasteiger partial charge in [-0.1, -0.05) is 0 Å². The Morgan fingerprint density at radius 2 is 1.61 bits per heavy atom. The monoisotopic (exact) mass is 565 g/mol. The number of rotatable bonds is 6. The molecule has 0 amide bonds. The van der Waals surface area contributed by atoms with Crippen molar-refractivity contribution in [3.63, 3.8) is 0 Å². The van der Waals surface area contributed by atoms with Crippen LogP contribution in [0, 0.1) is 11.6 Å². The third kappa shape index (κ3) is 4.81. The number of hydrazone groups is 1. The first-order valence-corrected chi connectivity index (χ1v) is 13.2. The van der Waals surface area contributed by atoms with Crippen molar-refractivity contribution in [3.05, 3.63) is 53.9 Å². The van der Waals surface area contributed by atoms with Gasteiger partial charge in [-0.05, 0) is 36.6 Å². The molecule has 15 heteroatoms. The van der Waals surface area contributed by atoms with E-state index in [2.05, 4.69) is 10.1 Å². The van der Waals surface area contributed by atoms with Gasteiger partial charge in [0.15, 0.2) is 5.82 Å². The molecule has 1 aromatic heterocycles. The lowest BCUT2D eigenvalue weighted by Crippen LogP contribution is -2.49. The summed E-state index contributed by atoms with van der Waals surface area (Å²) in [6.07, 6.45) is -2.83. The van der Waals surface area contributed by atoms with E-state index in [0.717, 1.165) is 12.1 Å². The highest BCUT2D eigenvalue weighted by molar-refractivity contribution is 7.90. The highest BCUT2D eigenvalue weighted by atomic mass is 32.2. The number of hydrogen-bond acceptors (Lipinski definition) is 6. The van der Waals surface area contributed by atoms with Gasteiger partial charge in [0.25, 0.3) is 0 Å². The summed E-state index contributed by atoms with van der Waals surface area (Å²) in [6, 6.07) is 2.45. The summed E-state index contributed by atoms with van der Waals surface area (Å²) in [4.78, 5) is 5.92. The molecular formula is C23H22F7N5O2S. The number of pyridine rings is 1. The zero-order valence-corrected chi connectivity index (χ0v) is 20.5. The Morgan fingerprint density at radius 1 is 0.921 bits per heavy atom. The smallest absolute Gasteiger partial charge is 0.368 e. The molecule has 206 valence electrons. The van der Waals surface area contributed by atoms with Crippen molar-refractivity contribution < 1.29 is 39.2 Å². The van der Waals surface area contributed by atoms with Crippen molar-refractivity contribution in [3.8, 4) is 0 Å². The number of piperazine rings is 1. The summed E-state index contributed by atoms with van der Waals surface area (Å²) < 4.78 is 122. The minimum atomic E-state index is -5.92. The molecule has 7 nitrogen and oxygen atoms in total. The molecule has 2 fully saturated rings. The number of halogens is 7. The second kappa shape index (κ2) is 9.36. The predicted octanol–water partition coefficient (Wildman–Crippen LogP) is 4.48. The van der Waals surface area contributed by atoms with Crippen molar-refractivity contribution in [2.24, 2.45) is 5.10 Å². The minimum absolute atomic E-state index is 0.177. The normalized spacial score (nSPS) is 21.7. The van der Waals surface area contributed by atoms with Gasteiger partial charge in [0, 0.05) is 44.9 Å². The van der Waals surface area contributed by atoms with Crippen LogP contribution < -0.4 is 9.91 Å². The fourth-order valence-electron chi connectivity index (χ4n) is 4.59. The van der Waals surface area contributed by atoms with E-state index >= 15 is 0 Å². The van der Waals surface area contributed by atoms with Crippen molar-refractivity contribution in [1.82, 2.24) is 9.29 Å². The Hall–Kier alpha value is -2.94. The van der Waals surface area contributed by atoms with Crippen molar-refractivity contribution in [2.75, 3.05) is 36.1 Å². The molecule has 38 heavy (non-hydrogen) atoms. The molecule has 3 heterocycles. The van der Waals surface area contributed by atoms with Gasteiger partial charge in [0.2, 0.25) is 10.0 Å². The number of aromatic nitrogens is 1. The summed E-state index contributed by atoms with van der Waals surface area (Å²) in [5.74, 6) is -7.42. The SMILES string of the molecule is O=S(=O)(C1CC1)N1CCN(c2cncc(C3CC(C(F)(F)C(F)(F)F)=NN3c3ccc(F)cc3F)c2)CC1. The lowest BCUT2D eigenvalue weighted by atomic mass is 9.99. The summed E-state index contributed by atoms with van der Waals surface area (Å²) in [5.41, 5.74) is -1.32. The molecule has 1 atom stereocenters. The first-order chi connectivity index (χ1) is 17.8. The molecule has 0 spiro atoms. The third-order valence-corrected chi connectivity index (χ3v) is 9.22. The van der Waals surface area contributed by atoms with Crippen LogP contribution in [0.25, 0.3) is 0 Å². The minimum Gasteiger partial charge on any atom is -0.368 e. The van der Waals surface area contributed by atoms with E-state index < -0.39 is 57.6 Å². The van der Waals surface area contributed by atoms with E-state index in [1.807, 2.05) is 4.90 Å². The van der Waals surface area contributed by atoms with Crippen LogP contribution in [-0.4, -0.2) is 66.9 Å². The van der Waals surface area contributed by atoms with E-state index in [-0.39, 0.29) is 23.9 Å². The summed E-state index contributed by atoms with van der Waals surface area (Å²) >= 11 is 0. The zero-order chi connectivity index (χ0) is 27.5. The summed E-state index contributed by atoms with van der Waals surface area (Å²) in [7, 11) is -3.35. The van der Waals surface area contributed by atoms with Crippen molar-refractivity contribution in [1.29, 1.82) is 0 Å². The Kier molecular flexibility index (Phi) is 6.57. The average Bonchev–Trinajstić information content (AvgIpc) is 3.63. The molecular weight excluding hydrogens is 543 g/mol. The lowest BCUT2D eigenvalue weighted by molar-refractivity contribution is -0.249. The van der Waals surface area contributed by atoms with Crippen molar-refractivity contribution in [2.45, 2.75) is 42.7 Å². The summed E-state index contributed by atoms with van der Waals surface area (Å²) in [6.45, 7) is 1.08. The standard InChI is InChI=1S/C23H22F7N5O2S/c24-15-1-4-19(18(25)10-15)35-20(11-21(32-35)22(26,27)23(28,29)30)14-9-16(13-31-12-14)33-5-7-34(8-6-33)38(36,37)17-2-3-17/h1,4,9-10,12-13,17,20H,2-3,5-8,11H2. The maximum absolute atomic E-state index is 14.6. The Bertz CT molecular complexity index is 1360. The van der Waals surface area contributed by atoms with Gasteiger partial charge >= 0.3 is 12.1 Å². The van der Waals surface area contributed by atoms with Crippen LogP contribution in [0.3, 0.4) is 0 Å². The van der Waals surface area contributed by atoms with Gasteiger partial charge in [-0.25, -0.2) is 17.2 Å². The van der Waals surface area contributed by atoms with Crippen LogP contribution in [0.15, 0.2) is 41.8 Å². The van der Waals surface area contributed by atoms with Crippen molar-refractivity contribution >= 4 is 27.1 Å². The second-order valence-electron chi connectivity index (χ2n) is 9.39. The van der Waals surface area contributed by atoms with Gasteiger partial charge in [0.05, 0.1) is 28.9 Å². The Morgan fingerprint density at radius 3 is 2.21 bits per heavy atom. The zero-order valence-electron chi connectivity index (χ0n) is 19.7. The largest absolute Gasteiger partial charge is 0.459 e. The first-order valence-electron chi connectivity index (χ1n) is 11.7. The van der Waals surface area contributed by atoms with Crippen LogP contribution in [-0.2, 0) is 10.0 Å². The molecule has 0 radical (unpaired) electrons. The van der Waals surface area contributed by atoms with E-state index in [0.29, 0.717) is 42.7 Å². The molecule has 5 rings (SSSR count). The number of hydrogen-bond donors (Lipinski definition) is 0. The molecule has 1 saturated carbocycles. The molecule has 1 aromatic carbocycles. The van der Waals surface area contributed by atoms with Gasteiger partial charge in [-0.3, -0.25) is 9.99 Å². The molecule has 1 saturated heterocycles. The maximum atomic E-state index is 14.6.